The summed E-state index contributed by atoms with van der Waals surface area (Å²) in [6, 6.07) is 14.5. The molecule has 3 aromatic rings. The van der Waals surface area contributed by atoms with E-state index in [0.29, 0.717) is 0 Å². The van der Waals surface area contributed by atoms with E-state index in [1.165, 1.54) is 14.5 Å². The lowest BCUT2D eigenvalue weighted by molar-refractivity contribution is 0.414. The number of ether oxygens (including phenoxy) is 1. The number of hydrogen-bond donors (Lipinski definition) is 0. The van der Waals surface area contributed by atoms with E-state index >= 15 is 0 Å². The quantitative estimate of drug-likeness (QED) is 0.703. The number of fused-ring (bicyclic) bond motifs is 1. The predicted molar refractivity (Wildman–Crippen MR) is 76.7 cm³/mol. The summed E-state index contributed by atoms with van der Waals surface area (Å²) in [4.78, 5) is 6.72. The first kappa shape index (κ1) is 11.6. The van der Waals surface area contributed by atoms with E-state index in [2.05, 4.69) is 35.3 Å². The van der Waals surface area contributed by atoms with E-state index in [-0.39, 0.29) is 0 Å². The topological polar surface area (TPSA) is 22.1 Å². The molecule has 18 heavy (non-hydrogen) atoms. The molecule has 1 aromatic heterocycles. The van der Waals surface area contributed by atoms with Gasteiger partial charge >= 0.3 is 0 Å². The Labute approximate surface area is 114 Å². The zero-order valence-corrected chi connectivity index (χ0v) is 11.4. The third-order valence-electron chi connectivity index (χ3n) is 2.60. The average Bonchev–Trinajstić information content (AvgIpc) is 2.87. The molecular weight excluding hydrogens is 262 g/mol. The molecule has 0 radical (unpaired) electrons. The van der Waals surface area contributed by atoms with Crippen LogP contribution in [0.25, 0.3) is 10.2 Å². The molecule has 0 unspecified atom stereocenters. The van der Waals surface area contributed by atoms with Gasteiger partial charge in [0.05, 0.1) is 22.8 Å². The molecule has 1 heterocycles. The summed E-state index contributed by atoms with van der Waals surface area (Å²) in [5, 5.41) is 0. The Kier molecular flexibility index (Phi) is 3.21. The lowest BCUT2D eigenvalue weighted by Gasteiger charge is -2.03. The highest BCUT2D eigenvalue weighted by Crippen LogP contribution is 2.31. The number of nitrogens with zero attached hydrogens (tertiary/aromatic N) is 1. The molecular formula is C14H11NOS2. The van der Waals surface area contributed by atoms with Crippen LogP contribution in [-0.4, -0.2) is 12.1 Å². The van der Waals surface area contributed by atoms with Crippen LogP contribution in [0.4, 0.5) is 0 Å². The molecule has 0 bridgehead atoms. The molecule has 0 aliphatic rings. The minimum absolute atomic E-state index is 0.886. The van der Waals surface area contributed by atoms with Crippen molar-refractivity contribution in [2.45, 2.75) is 9.79 Å². The van der Waals surface area contributed by atoms with Gasteiger partial charge in [-0.25, -0.2) is 4.98 Å². The fourth-order valence-corrected chi connectivity index (χ4v) is 3.33. The van der Waals surface area contributed by atoms with Crippen molar-refractivity contribution in [3.8, 4) is 5.75 Å². The van der Waals surface area contributed by atoms with Gasteiger partial charge in [0.25, 0.3) is 0 Å². The van der Waals surface area contributed by atoms with E-state index in [0.717, 1.165) is 11.3 Å². The minimum atomic E-state index is 0.886. The average molecular weight is 273 g/mol. The molecule has 0 atom stereocenters. The molecule has 0 saturated heterocycles. The third kappa shape index (κ3) is 2.35. The number of methoxy groups -OCH3 is 1. The summed E-state index contributed by atoms with van der Waals surface area (Å²) in [7, 11) is 1.68. The first-order valence-electron chi connectivity index (χ1n) is 5.50. The summed E-state index contributed by atoms with van der Waals surface area (Å²) >= 11 is 3.42. The zero-order chi connectivity index (χ0) is 12.4. The van der Waals surface area contributed by atoms with Gasteiger partial charge < -0.3 is 4.74 Å². The van der Waals surface area contributed by atoms with Gasteiger partial charge in [-0.3, -0.25) is 0 Å². The fraction of sp³-hybridized carbons (Fsp3) is 0.0714. The van der Waals surface area contributed by atoms with Crippen molar-refractivity contribution in [3.63, 3.8) is 0 Å². The molecule has 0 aliphatic carbocycles. The van der Waals surface area contributed by atoms with Crippen LogP contribution in [0.1, 0.15) is 0 Å². The van der Waals surface area contributed by atoms with Crippen LogP contribution in [0, 0.1) is 0 Å². The summed E-state index contributed by atoms with van der Waals surface area (Å²) in [6.45, 7) is 0. The van der Waals surface area contributed by atoms with Crippen molar-refractivity contribution >= 4 is 33.3 Å². The molecule has 4 heteroatoms. The Morgan fingerprint density at radius 1 is 1.06 bits per heavy atom. The lowest BCUT2D eigenvalue weighted by Crippen LogP contribution is -1.81. The highest BCUT2D eigenvalue weighted by Gasteiger charge is 2.01. The fourth-order valence-electron chi connectivity index (χ4n) is 1.68. The molecule has 0 aliphatic heterocycles. The summed E-state index contributed by atoms with van der Waals surface area (Å²) in [6.07, 6.45) is 0. The molecule has 0 spiro atoms. The molecule has 2 aromatic carbocycles. The second kappa shape index (κ2) is 5.00. The molecule has 3 rings (SSSR count). The van der Waals surface area contributed by atoms with Crippen LogP contribution in [0.2, 0.25) is 0 Å². The number of benzene rings is 2. The molecule has 0 N–H and O–H groups in total. The maximum atomic E-state index is 5.15. The van der Waals surface area contributed by atoms with Gasteiger partial charge in [-0.2, -0.15) is 0 Å². The van der Waals surface area contributed by atoms with Gasteiger partial charge in [0.2, 0.25) is 0 Å². The minimum Gasteiger partial charge on any atom is -0.497 e. The number of thiazole rings is 1. The molecule has 0 fully saturated rings. The van der Waals surface area contributed by atoms with Crippen molar-refractivity contribution in [2.75, 3.05) is 7.11 Å². The van der Waals surface area contributed by atoms with E-state index in [1.807, 2.05) is 17.6 Å². The van der Waals surface area contributed by atoms with Crippen LogP contribution < -0.4 is 4.74 Å². The van der Waals surface area contributed by atoms with Crippen molar-refractivity contribution in [3.05, 3.63) is 48.0 Å². The van der Waals surface area contributed by atoms with Gasteiger partial charge in [-0.15, -0.1) is 11.3 Å². The highest BCUT2D eigenvalue weighted by atomic mass is 32.2. The number of rotatable bonds is 3. The van der Waals surface area contributed by atoms with Crippen LogP contribution in [0.15, 0.2) is 57.8 Å². The summed E-state index contributed by atoms with van der Waals surface area (Å²) in [5.74, 6) is 0.886. The first-order valence-corrected chi connectivity index (χ1v) is 7.20. The maximum absolute atomic E-state index is 5.15. The van der Waals surface area contributed by atoms with Crippen molar-refractivity contribution in [1.82, 2.24) is 4.98 Å². The normalized spacial score (nSPS) is 10.7. The van der Waals surface area contributed by atoms with Crippen molar-refractivity contribution in [1.29, 1.82) is 0 Å². The zero-order valence-electron chi connectivity index (χ0n) is 9.79. The van der Waals surface area contributed by atoms with E-state index in [9.17, 15) is 0 Å². The molecule has 0 amide bonds. The lowest BCUT2D eigenvalue weighted by atomic mass is 10.3. The Bertz CT molecular complexity index is 661. The Hall–Kier alpha value is -1.52. The maximum Gasteiger partial charge on any atom is 0.118 e. The number of hydrogen-bond acceptors (Lipinski definition) is 4. The van der Waals surface area contributed by atoms with Gasteiger partial charge in [-0.1, -0.05) is 11.8 Å². The molecule has 0 saturated carbocycles. The standard InChI is InChI=1S/C14H11NOS2/c1-16-10-2-4-11(5-3-10)18-12-6-7-13-14(8-12)17-9-15-13/h2-9H,1H3. The summed E-state index contributed by atoms with van der Waals surface area (Å²) < 4.78 is 6.38. The first-order chi connectivity index (χ1) is 8.85. The smallest absolute Gasteiger partial charge is 0.118 e. The second-order valence-electron chi connectivity index (χ2n) is 3.76. The Morgan fingerprint density at radius 2 is 1.83 bits per heavy atom. The van der Waals surface area contributed by atoms with Crippen molar-refractivity contribution in [2.24, 2.45) is 0 Å². The van der Waals surface area contributed by atoms with Gasteiger partial charge in [0, 0.05) is 9.79 Å². The SMILES string of the molecule is COc1ccc(Sc2ccc3ncsc3c2)cc1. The van der Waals surface area contributed by atoms with E-state index in [4.69, 9.17) is 4.74 Å². The van der Waals surface area contributed by atoms with Crippen LogP contribution in [0.5, 0.6) is 5.75 Å². The molecule has 90 valence electrons. The third-order valence-corrected chi connectivity index (χ3v) is 4.39. The predicted octanol–water partition coefficient (Wildman–Crippen LogP) is 4.46. The second-order valence-corrected chi connectivity index (χ2v) is 5.79. The van der Waals surface area contributed by atoms with Crippen LogP contribution in [-0.2, 0) is 0 Å². The van der Waals surface area contributed by atoms with Crippen LogP contribution >= 0.6 is 23.1 Å². The van der Waals surface area contributed by atoms with Crippen LogP contribution in [0.3, 0.4) is 0 Å². The highest BCUT2D eigenvalue weighted by molar-refractivity contribution is 7.99. The van der Waals surface area contributed by atoms with Crippen molar-refractivity contribution < 1.29 is 4.74 Å². The van der Waals surface area contributed by atoms with Gasteiger partial charge in [0.1, 0.15) is 5.75 Å². The van der Waals surface area contributed by atoms with E-state index < -0.39 is 0 Å². The summed E-state index contributed by atoms with van der Waals surface area (Å²) in [5.41, 5.74) is 2.95. The Morgan fingerprint density at radius 3 is 2.61 bits per heavy atom. The largest absolute Gasteiger partial charge is 0.497 e. The number of aromatic nitrogens is 1. The Balaban J connectivity index is 1.85. The van der Waals surface area contributed by atoms with E-state index in [1.54, 1.807) is 30.2 Å². The monoisotopic (exact) mass is 273 g/mol. The molecule has 2 nitrogen and oxygen atoms in total. The van der Waals surface area contributed by atoms with Gasteiger partial charge in [0.15, 0.2) is 0 Å². The van der Waals surface area contributed by atoms with Gasteiger partial charge in [-0.05, 0) is 42.5 Å².